The van der Waals surface area contributed by atoms with E-state index in [2.05, 4.69) is 5.10 Å². The van der Waals surface area contributed by atoms with Crippen LogP contribution in [0.2, 0.25) is 5.02 Å². The summed E-state index contributed by atoms with van der Waals surface area (Å²) in [4.78, 5) is 26.7. The lowest BCUT2D eigenvalue weighted by Gasteiger charge is -2.13. The Morgan fingerprint density at radius 1 is 1.00 bits per heavy atom. The average molecular weight is 433 g/mol. The van der Waals surface area contributed by atoms with Crippen molar-refractivity contribution < 1.29 is 14.0 Å². The van der Waals surface area contributed by atoms with Crippen LogP contribution in [0.25, 0.3) is 32.2 Å². The Balaban J connectivity index is 1.63. The number of halogens is 2. The maximum absolute atomic E-state index is 13.6. The van der Waals surface area contributed by atoms with Crippen molar-refractivity contribution in [2.24, 2.45) is 0 Å². The summed E-state index contributed by atoms with van der Waals surface area (Å²) in [6.45, 7) is 0. The van der Waals surface area contributed by atoms with Crippen LogP contribution in [0, 0.1) is 5.82 Å². The number of carbonyl (C=O) groups excluding carboxylic acids is 2. The third-order valence-corrected chi connectivity index (χ3v) is 7.00. The van der Waals surface area contributed by atoms with E-state index in [1.54, 1.807) is 36.4 Å². The fourth-order valence-corrected chi connectivity index (χ4v) is 5.47. The molecule has 2 heterocycles. The van der Waals surface area contributed by atoms with E-state index >= 15 is 0 Å². The molecule has 0 saturated heterocycles. The monoisotopic (exact) mass is 432 g/mol. The van der Waals surface area contributed by atoms with Crippen LogP contribution in [0.5, 0.6) is 0 Å². The van der Waals surface area contributed by atoms with E-state index in [1.165, 1.54) is 16.8 Å². The van der Waals surface area contributed by atoms with Gasteiger partial charge in [-0.25, -0.2) is 4.39 Å². The quantitative estimate of drug-likeness (QED) is 0.323. The number of rotatable bonds is 1. The van der Waals surface area contributed by atoms with Gasteiger partial charge in [0.2, 0.25) is 0 Å². The van der Waals surface area contributed by atoms with Gasteiger partial charge in [-0.3, -0.25) is 9.59 Å². The van der Waals surface area contributed by atoms with Crippen molar-refractivity contribution in [3.05, 3.63) is 87.5 Å². The van der Waals surface area contributed by atoms with Gasteiger partial charge in [-0.05, 0) is 24.3 Å². The molecule has 0 amide bonds. The molecule has 1 aliphatic rings. The predicted octanol–water partition coefficient (Wildman–Crippen LogP) is 5.94. The predicted molar refractivity (Wildman–Crippen MR) is 115 cm³/mol. The molecule has 0 fully saturated rings. The zero-order valence-corrected chi connectivity index (χ0v) is 16.7. The lowest BCUT2D eigenvalue weighted by Crippen LogP contribution is -2.12. The summed E-state index contributed by atoms with van der Waals surface area (Å²) in [5.74, 6) is -0.898. The van der Waals surface area contributed by atoms with Crippen molar-refractivity contribution in [1.29, 1.82) is 0 Å². The van der Waals surface area contributed by atoms with Gasteiger partial charge in [-0.15, -0.1) is 11.3 Å². The molecule has 4 nitrogen and oxygen atoms in total. The van der Waals surface area contributed by atoms with Crippen LogP contribution in [0.1, 0.15) is 25.6 Å². The molecular formula is C23H10ClFN2O2S. The molecule has 2 aromatic heterocycles. The summed E-state index contributed by atoms with van der Waals surface area (Å²) in [7, 11) is 0. The first-order valence-electron chi connectivity index (χ1n) is 9.12. The van der Waals surface area contributed by atoms with Crippen molar-refractivity contribution in [1.82, 2.24) is 9.78 Å². The number of hydrogen-bond acceptors (Lipinski definition) is 4. The molecule has 0 spiro atoms. The Morgan fingerprint density at radius 2 is 1.77 bits per heavy atom. The number of fused-ring (bicyclic) bond motifs is 3. The van der Waals surface area contributed by atoms with E-state index in [-0.39, 0.29) is 15.7 Å². The third-order valence-electron chi connectivity index (χ3n) is 5.36. The lowest BCUT2D eigenvalue weighted by molar-refractivity contribution is 0.0954. The Hall–Kier alpha value is -3.35. The Morgan fingerprint density at radius 3 is 2.60 bits per heavy atom. The number of hydrogen-bond donors (Lipinski definition) is 0. The van der Waals surface area contributed by atoms with Crippen LogP contribution in [-0.2, 0) is 0 Å². The SMILES string of the molecule is O=C1c2ccccc2-c2nn(C(=O)c3sc4cc(F)ccc4c3Cl)c3cccc1c23. The first-order valence-corrected chi connectivity index (χ1v) is 10.3. The topological polar surface area (TPSA) is 52.0 Å². The standard InChI is InChI=1S/C23H10ClFN2O2S/c24-19-14-9-8-11(25)10-17(14)30-22(19)23(29)27-16-7-3-6-15-18(16)20(26-27)12-4-1-2-5-13(12)21(15)28/h1-10H. The van der Waals surface area contributed by atoms with Crippen LogP contribution >= 0.6 is 22.9 Å². The van der Waals surface area contributed by atoms with Gasteiger partial charge in [0, 0.05) is 32.2 Å². The minimum absolute atomic E-state index is 0.0916. The molecule has 0 bridgehead atoms. The van der Waals surface area contributed by atoms with Crippen LogP contribution < -0.4 is 0 Å². The summed E-state index contributed by atoms with van der Waals surface area (Å²) < 4.78 is 15.5. The number of nitrogens with zero attached hydrogens (tertiary/aromatic N) is 2. The zero-order valence-electron chi connectivity index (χ0n) is 15.1. The van der Waals surface area contributed by atoms with Crippen molar-refractivity contribution in [2.45, 2.75) is 0 Å². The van der Waals surface area contributed by atoms with E-state index in [4.69, 9.17) is 11.6 Å². The highest BCUT2D eigenvalue weighted by Gasteiger charge is 2.30. The Labute approximate surface area is 178 Å². The highest BCUT2D eigenvalue weighted by molar-refractivity contribution is 7.21. The van der Waals surface area contributed by atoms with Gasteiger partial charge in [-0.1, -0.05) is 48.0 Å². The van der Waals surface area contributed by atoms with Crippen LogP contribution in [0.3, 0.4) is 0 Å². The second kappa shape index (κ2) is 6.08. The molecular weight excluding hydrogens is 423 g/mol. The van der Waals surface area contributed by atoms with E-state index in [0.29, 0.717) is 43.4 Å². The summed E-state index contributed by atoms with van der Waals surface area (Å²) in [5, 5.41) is 6.13. The fourth-order valence-electron chi connectivity index (χ4n) is 4.01. The van der Waals surface area contributed by atoms with Crippen LogP contribution in [-0.4, -0.2) is 21.5 Å². The van der Waals surface area contributed by atoms with Gasteiger partial charge >= 0.3 is 0 Å². The molecule has 3 aromatic carbocycles. The number of carbonyl (C=O) groups is 2. The third kappa shape index (κ3) is 2.23. The van der Waals surface area contributed by atoms with Crippen molar-refractivity contribution in [3.8, 4) is 11.3 Å². The van der Waals surface area contributed by atoms with Crippen LogP contribution in [0.15, 0.2) is 60.7 Å². The molecule has 1 aliphatic carbocycles. The molecule has 30 heavy (non-hydrogen) atoms. The summed E-state index contributed by atoms with van der Waals surface area (Å²) in [5.41, 5.74) is 2.90. The Bertz CT molecular complexity index is 1570. The average Bonchev–Trinajstić information content (AvgIpc) is 3.30. The molecule has 144 valence electrons. The minimum atomic E-state index is -0.415. The lowest BCUT2D eigenvalue weighted by atomic mass is 9.87. The molecule has 0 aliphatic heterocycles. The van der Waals surface area contributed by atoms with E-state index in [0.717, 1.165) is 11.3 Å². The van der Waals surface area contributed by atoms with Gasteiger partial charge in [0.15, 0.2) is 5.78 Å². The zero-order chi connectivity index (χ0) is 20.6. The second-order valence-corrected chi connectivity index (χ2v) is 8.46. The number of aromatic nitrogens is 2. The second-order valence-electron chi connectivity index (χ2n) is 7.03. The smallest absolute Gasteiger partial charge is 0.289 e. The maximum Gasteiger partial charge on any atom is 0.290 e. The highest BCUT2D eigenvalue weighted by Crippen LogP contribution is 2.40. The van der Waals surface area contributed by atoms with E-state index in [1.807, 2.05) is 12.1 Å². The van der Waals surface area contributed by atoms with Crippen LogP contribution in [0.4, 0.5) is 4.39 Å². The van der Waals surface area contributed by atoms with Crippen molar-refractivity contribution in [3.63, 3.8) is 0 Å². The molecule has 6 rings (SSSR count). The minimum Gasteiger partial charge on any atom is -0.289 e. The summed E-state index contributed by atoms with van der Waals surface area (Å²) >= 11 is 7.59. The summed E-state index contributed by atoms with van der Waals surface area (Å²) in [6, 6.07) is 16.7. The molecule has 5 aromatic rings. The van der Waals surface area contributed by atoms with Gasteiger partial charge in [0.25, 0.3) is 5.91 Å². The van der Waals surface area contributed by atoms with Gasteiger partial charge < -0.3 is 0 Å². The number of benzene rings is 3. The van der Waals surface area contributed by atoms with E-state index < -0.39 is 11.7 Å². The first-order chi connectivity index (χ1) is 14.5. The number of thiophene rings is 1. The van der Waals surface area contributed by atoms with Gasteiger partial charge in [-0.2, -0.15) is 9.78 Å². The normalized spacial score (nSPS) is 12.5. The maximum atomic E-state index is 13.6. The van der Waals surface area contributed by atoms with Crippen molar-refractivity contribution in [2.75, 3.05) is 0 Å². The molecule has 0 unspecified atom stereocenters. The molecule has 0 atom stereocenters. The Kier molecular flexibility index (Phi) is 3.54. The molecule has 0 radical (unpaired) electrons. The largest absolute Gasteiger partial charge is 0.290 e. The fraction of sp³-hybridized carbons (Fsp3) is 0. The summed E-state index contributed by atoms with van der Waals surface area (Å²) in [6.07, 6.45) is 0. The van der Waals surface area contributed by atoms with Gasteiger partial charge in [0.05, 0.1) is 10.5 Å². The molecule has 0 N–H and O–H groups in total. The first kappa shape index (κ1) is 17.5. The van der Waals surface area contributed by atoms with Gasteiger partial charge in [0.1, 0.15) is 16.4 Å². The molecule has 7 heteroatoms. The highest BCUT2D eigenvalue weighted by atomic mass is 35.5. The number of ketones is 1. The molecule has 0 saturated carbocycles. The van der Waals surface area contributed by atoms with E-state index in [9.17, 15) is 14.0 Å². The van der Waals surface area contributed by atoms with Crippen molar-refractivity contribution >= 4 is 55.6 Å².